The Hall–Kier alpha value is -2.28. The quantitative estimate of drug-likeness (QED) is 0.881. The highest BCUT2D eigenvalue weighted by Crippen LogP contribution is 2.33. The van der Waals surface area contributed by atoms with Crippen LogP contribution >= 0.6 is 0 Å². The van der Waals surface area contributed by atoms with Gasteiger partial charge in [0.25, 0.3) is 0 Å². The fourth-order valence-corrected chi connectivity index (χ4v) is 3.06. The zero-order valence-electron chi connectivity index (χ0n) is 13.1. The van der Waals surface area contributed by atoms with Gasteiger partial charge in [-0.25, -0.2) is 9.78 Å². The van der Waals surface area contributed by atoms with Crippen molar-refractivity contribution in [2.75, 3.05) is 13.1 Å². The lowest BCUT2D eigenvalue weighted by Crippen LogP contribution is -2.38. The van der Waals surface area contributed by atoms with Gasteiger partial charge in [0.05, 0.1) is 6.54 Å². The topological polar surface area (TPSA) is 58.4 Å². The van der Waals surface area contributed by atoms with Crippen molar-refractivity contribution in [3.8, 4) is 0 Å². The number of alkyl halides is 2. The number of rotatable bonds is 6. The Morgan fingerprint density at radius 2 is 2.04 bits per heavy atom. The number of hydrogen-bond acceptors (Lipinski definition) is 3. The van der Waals surface area contributed by atoms with Gasteiger partial charge in [0, 0.05) is 31.4 Å². The molecule has 1 N–H and O–H groups in total. The van der Waals surface area contributed by atoms with Gasteiger partial charge in [0.1, 0.15) is 5.82 Å². The summed E-state index contributed by atoms with van der Waals surface area (Å²) >= 11 is 0. The van der Waals surface area contributed by atoms with Crippen LogP contribution in [0.1, 0.15) is 17.8 Å². The van der Waals surface area contributed by atoms with Gasteiger partial charge in [-0.1, -0.05) is 30.3 Å². The van der Waals surface area contributed by atoms with E-state index in [1.54, 1.807) is 6.20 Å². The summed E-state index contributed by atoms with van der Waals surface area (Å²) in [7, 11) is 0. The van der Waals surface area contributed by atoms with Crippen LogP contribution in [0.4, 0.5) is 8.78 Å². The van der Waals surface area contributed by atoms with E-state index in [2.05, 4.69) is 4.98 Å². The van der Waals surface area contributed by atoms with Crippen LogP contribution < -0.4 is 0 Å². The van der Waals surface area contributed by atoms with Crippen molar-refractivity contribution in [3.05, 3.63) is 54.1 Å². The number of halogens is 2. The molecule has 1 saturated heterocycles. The molecule has 1 atom stereocenters. The van der Waals surface area contributed by atoms with E-state index in [0.717, 1.165) is 11.4 Å². The monoisotopic (exact) mass is 335 g/mol. The van der Waals surface area contributed by atoms with E-state index >= 15 is 0 Å². The van der Waals surface area contributed by atoms with Gasteiger partial charge in [-0.2, -0.15) is 8.78 Å². The van der Waals surface area contributed by atoms with Crippen molar-refractivity contribution >= 4 is 5.97 Å². The molecule has 0 aliphatic carbocycles. The molecule has 1 aromatic carbocycles. The summed E-state index contributed by atoms with van der Waals surface area (Å²) in [5.74, 6) is -6.07. The van der Waals surface area contributed by atoms with Crippen LogP contribution in [0.15, 0.2) is 42.7 Å². The molecule has 1 aliphatic heterocycles. The number of benzene rings is 1. The third-order valence-electron chi connectivity index (χ3n) is 4.43. The first-order valence-electron chi connectivity index (χ1n) is 7.84. The summed E-state index contributed by atoms with van der Waals surface area (Å²) in [5.41, 5.74) is 1.13. The van der Waals surface area contributed by atoms with E-state index in [0.29, 0.717) is 19.6 Å². The Labute approximate surface area is 138 Å². The molecule has 0 bridgehead atoms. The lowest BCUT2D eigenvalue weighted by molar-refractivity contribution is -0.172. The lowest BCUT2D eigenvalue weighted by atomic mass is 10.0. The van der Waals surface area contributed by atoms with E-state index in [-0.39, 0.29) is 13.0 Å². The van der Waals surface area contributed by atoms with Crippen LogP contribution in [-0.2, 0) is 17.9 Å². The average molecular weight is 335 g/mol. The van der Waals surface area contributed by atoms with E-state index in [1.165, 1.54) is 0 Å². The zero-order valence-corrected chi connectivity index (χ0v) is 13.1. The van der Waals surface area contributed by atoms with Crippen LogP contribution in [0.25, 0.3) is 0 Å². The summed E-state index contributed by atoms with van der Waals surface area (Å²) in [6.45, 7) is 1.62. The molecule has 7 heteroatoms. The van der Waals surface area contributed by atoms with Crippen molar-refractivity contribution in [1.29, 1.82) is 0 Å². The van der Waals surface area contributed by atoms with Gasteiger partial charge in [0.15, 0.2) is 0 Å². The van der Waals surface area contributed by atoms with Crippen molar-refractivity contribution in [2.24, 2.45) is 5.92 Å². The van der Waals surface area contributed by atoms with Gasteiger partial charge in [-0.3, -0.25) is 4.90 Å². The number of likely N-dealkylation sites (tertiary alicyclic amines) is 1. The number of nitrogens with zero attached hydrogens (tertiary/aromatic N) is 3. The van der Waals surface area contributed by atoms with Crippen LogP contribution in [0.2, 0.25) is 0 Å². The van der Waals surface area contributed by atoms with E-state index < -0.39 is 17.8 Å². The predicted octanol–water partition coefficient (Wildman–Crippen LogP) is 2.47. The third kappa shape index (κ3) is 3.46. The SMILES string of the molecule is O=C(O)C(F)(F)C1CCN(Cc2nccn2Cc2ccccc2)C1. The first-order valence-corrected chi connectivity index (χ1v) is 7.84. The fraction of sp³-hybridized carbons (Fsp3) is 0.412. The van der Waals surface area contributed by atoms with Gasteiger partial charge < -0.3 is 9.67 Å². The molecule has 2 aromatic rings. The average Bonchev–Trinajstić information content (AvgIpc) is 3.19. The number of imidazole rings is 1. The van der Waals surface area contributed by atoms with Crippen LogP contribution in [0.3, 0.4) is 0 Å². The Morgan fingerprint density at radius 1 is 1.29 bits per heavy atom. The molecule has 5 nitrogen and oxygen atoms in total. The summed E-state index contributed by atoms with van der Waals surface area (Å²) in [5, 5.41) is 8.67. The molecule has 128 valence electrons. The highest BCUT2D eigenvalue weighted by atomic mass is 19.3. The zero-order chi connectivity index (χ0) is 17.2. The van der Waals surface area contributed by atoms with Gasteiger partial charge in [0.2, 0.25) is 0 Å². The second kappa shape index (κ2) is 6.68. The summed E-state index contributed by atoms with van der Waals surface area (Å²) in [6, 6.07) is 9.91. The fourth-order valence-electron chi connectivity index (χ4n) is 3.06. The van der Waals surface area contributed by atoms with Crippen molar-refractivity contribution < 1.29 is 18.7 Å². The minimum Gasteiger partial charge on any atom is -0.477 e. The molecule has 0 spiro atoms. The number of aliphatic carboxylic acids is 1. The molecule has 0 amide bonds. The summed E-state index contributed by atoms with van der Waals surface area (Å²) in [6.07, 6.45) is 3.73. The summed E-state index contributed by atoms with van der Waals surface area (Å²) in [4.78, 5) is 16.9. The van der Waals surface area contributed by atoms with Gasteiger partial charge in [-0.05, 0) is 18.5 Å². The van der Waals surface area contributed by atoms with Crippen LogP contribution in [-0.4, -0.2) is 44.5 Å². The van der Waals surface area contributed by atoms with Crippen LogP contribution in [0, 0.1) is 5.92 Å². The Morgan fingerprint density at radius 3 is 2.75 bits per heavy atom. The van der Waals surface area contributed by atoms with Gasteiger partial charge in [-0.15, -0.1) is 0 Å². The minimum absolute atomic E-state index is 0.0670. The minimum atomic E-state index is -3.67. The van der Waals surface area contributed by atoms with Crippen LogP contribution in [0.5, 0.6) is 0 Å². The highest BCUT2D eigenvalue weighted by molar-refractivity contribution is 5.75. The maximum Gasteiger partial charge on any atom is 0.374 e. The molecule has 2 heterocycles. The maximum atomic E-state index is 13.6. The Kier molecular flexibility index (Phi) is 4.62. The summed E-state index contributed by atoms with van der Waals surface area (Å²) < 4.78 is 29.2. The maximum absolute atomic E-state index is 13.6. The van der Waals surface area contributed by atoms with Crippen molar-refractivity contribution in [1.82, 2.24) is 14.5 Å². The van der Waals surface area contributed by atoms with Crippen molar-refractivity contribution in [3.63, 3.8) is 0 Å². The van der Waals surface area contributed by atoms with E-state index in [4.69, 9.17) is 5.11 Å². The van der Waals surface area contributed by atoms with E-state index in [1.807, 2.05) is 46.0 Å². The standard InChI is InChI=1S/C17H19F2N3O2/c18-17(19,16(23)24)14-6-8-21(11-14)12-15-20-7-9-22(15)10-13-4-2-1-3-5-13/h1-5,7,9,14H,6,8,10-12H2,(H,23,24). The number of hydrogen-bond donors (Lipinski definition) is 1. The molecule has 24 heavy (non-hydrogen) atoms. The highest BCUT2D eigenvalue weighted by Gasteiger charge is 2.49. The van der Waals surface area contributed by atoms with Gasteiger partial charge >= 0.3 is 11.9 Å². The Bertz CT molecular complexity index is 703. The molecule has 1 aromatic heterocycles. The number of aromatic nitrogens is 2. The molecule has 1 fully saturated rings. The second-order valence-corrected chi connectivity index (χ2v) is 6.11. The smallest absolute Gasteiger partial charge is 0.374 e. The van der Waals surface area contributed by atoms with Crippen molar-refractivity contribution in [2.45, 2.75) is 25.4 Å². The Balaban J connectivity index is 1.64. The predicted molar refractivity (Wildman–Crippen MR) is 83.7 cm³/mol. The number of carboxylic acids is 1. The molecule has 3 rings (SSSR count). The lowest BCUT2D eigenvalue weighted by Gasteiger charge is -2.20. The largest absolute Gasteiger partial charge is 0.477 e. The molecule has 1 aliphatic rings. The molecular weight excluding hydrogens is 316 g/mol. The molecule has 1 unspecified atom stereocenters. The third-order valence-corrected chi connectivity index (χ3v) is 4.43. The first-order chi connectivity index (χ1) is 11.5. The molecule has 0 saturated carbocycles. The molecule has 0 radical (unpaired) electrons. The molecular formula is C17H19F2N3O2. The number of carboxylic acid groups (broad SMARTS) is 1. The second-order valence-electron chi connectivity index (χ2n) is 6.11. The van der Waals surface area contributed by atoms with E-state index in [9.17, 15) is 13.6 Å². The normalized spacial score (nSPS) is 18.8. The number of carbonyl (C=O) groups is 1. The first kappa shape index (κ1) is 16.6.